The van der Waals surface area contributed by atoms with Gasteiger partial charge in [-0.05, 0) is 49.2 Å². The molecule has 0 amide bonds. The zero-order valence-corrected chi connectivity index (χ0v) is 14.9. The van der Waals surface area contributed by atoms with Crippen LogP contribution in [-0.2, 0) is 13.5 Å². The van der Waals surface area contributed by atoms with Crippen molar-refractivity contribution in [1.29, 1.82) is 5.26 Å². The van der Waals surface area contributed by atoms with Crippen LogP contribution in [0.5, 0.6) is 0 Å². The lowest BCUT2D eigenvalue weighted by Crippen LogP contribution is -2.26. The maximum atomic E-state index is 9.06. The van der Waals surface area contributed by atoms with Crippen LogP contribution in [0, 0.1) is 11.3 Å². The molecular weight excluding hydrogens is 306 g/mol. The van der Waals surface area contributed by atoms with Gasteiger partial charge in [0.15, 0.2) is 0 Å². The number of para-hydroxylation sites is 1. The molecule has 0 unspecified atom stereocenters. The van der Waals surface area contributed by atoms with Crippen molar-refractivity contribution >= 4 is 35.0 Å². The molecule has 124 valence electrons. The largest absolute Gasteiger partial charge is 0.344 e. The van der Waals surface area contributed by atoms with Gasteiger partial charge in [-0.2, -0.15) is 5.26 Å². The molecule has 3 aromatic rings. The van der Waals surface area contributed by atoms with E-state index in [-0.39, 0.29) is 0 Å². The van der Waals surface area contributed by atoms with Crippen LogP contribution in [0.4, 0.5) is 5.69 Å². The van der Waals surface area contributed by atoms with Gasteiger partial charge in [0.2, 0.25) is 0 Å². The van der Waals surface area contributed by atoms with Crippen LogP contribution >= 0.6 is 0 Å². The van der Waals surface area contributed by atoms with Crippen LogP contribution in [0.1, 0.15) is 25.0 Å². The maximum absolute atomic E-state index is 9.06. The minimum absolute atomic E-state index is 0.673. The number of hydrogen-bond donors (Lipinski definition) is 0. The van der Waals surface area contributed by atoms with Crippen LogP contribution in [0.2, 0.25) is 0 Å². The second kappa shape index (κ2) is 6.78. The summed E-state index contributed by atoms with van der Waals surface area (Å²) in [7, 11) is 2.03. The second-order valence-electron chi connectivity index (χ2n) is 6.14. The summed E-state index contributed by atoms with van der Waals surface area (Å²) in [6.07, 6.45) is 2.93. The summed E-state index contributed by atoms with van der Waals surface area (Å²) >= 11 is 0. The molecule has 3 nitrogen and oxygen atoms in total. The fourth-order valence-electron chi connectivity index (χ4n) is 3.11. The van der Waals surface area contributed by atoms with Crippen LogP contribution < -0.4 is 10.6 Å². The predicted molar refractivity (Wildman–Crippen MR) is 105 cm³/mol. The molecule has 25 heavy (non-hydrogen) atoms. The molecule has 0 spiro atoms. The minimum atomic E-state index is 0.673. The van der Waals surface area contributed by atoms with Crippen molar-refractivity contribution in [1.82, 2.24) is 4.57 Å². The summed E-state index contributed by atoms with van der Waals surface area (Å²) < 4.78 is 2.10. The lowest BCUT2D eigenvalue weighted by molar-refractivity contribution is 0.928. The molecule has 0 N–H and O–H groups in total. The smallest absolute Gasteiger partial charge is 0.0991 e. The van der Waals surface area contributed by atoms with Gasteiger partial charge in [-0.15, -0.1) is 0 Å². The molecule has 1 aromatic heterocycles. The average molecular weight is 327 g/mol. The quantitative estimate of drug-likeness (QED) is 0.678. The molecule has 2 aromatic carbocycles. The van der Waals surface area contributed by atoms with Crippen LogP contribution in [0.25, 0.3) is 23.6 Å². The number of nitriles is 1. The van der Waals surface area contributed by atoms with E-state index in [0.29, 0.717) is 5.56 Å². The van der Waals surface area contributed by atoms with Gasteiger partial charge in [0.25, 0.3) is 0 Å². The molecule has 0 saturated carbocycles. The Morgan fingerprint density at radius 2 is 2.04 bits per heavy atom. The third-order valence-electron chi connectivity index (χ3n) is 4.51. The predicted octanol–water partition coefficient (Wildman–Crippen LogP) is 3.60. The number of hydrogen-bond acceptors (Lipinski definition) is 2. The van der Waals surface area contributed by atoms with Crippen molar-refractivity contribution in [2.24, 2.45) is 12.0 Å². The van der Waals surface area contributed by atoms with Crippen LogP contribution in [-0.4, -0.2) is 10.3 Å². The van der Waals surface area contributed by atoms with E-state index >= 15 is 0 Å². The SMILES string of the molecule is C=c1/c(=C\C(C)=Nc2ccc(C#N)cc2CC)c2ccccc2n1C. The standard InChI is InChI=1S/C22H21N3/c1-5-18-13-17(14-23)10-11-21(18)24-15(2)12-20-16(3)25(4)22-9-7-6-8-19(20)22/h6-13H,3,5H2,1-2,4H3/b20-12+,24-15?. The summed E-state index contributed by atoms with van der Waals surface area (Å²) in [6, 6.07) is 16.1. The van der Waals surface area contributed by atoms with E-state index in [2.05, 4.69) is 42.3 Å². The van der Waals surface area contributed by atoms with Gasteiger partial charge in [-0.1, -0.05) is 31.7 Å². The summed E-state index contributed by atoms with van der Waals surface area (Å²) in [5, 5.41) is 12.3. The Hall–Kier alpha value is -3.12. The maximum Gasteiger partial charge on any atom is 0.0991 e. The second-order valence-corrected chi connectivity index (χ2v) is 6.14. The van der Waals surface area contributed by atoms with Gasteiger partial charge in [0.1, 0.15) is 0 Å². The first-order chi connectivity index (χ1) is 12.0. The molecule has 0 radical (unpaired) electrons. The van der Waals surface area contributed by atoms with E-state index in [9.17, 15) is 0 Å². The molecule has 0 aliphatic heterocycles. The average Bonchev–Trinajstić information content (AvgIpc) is 2.87. The van der Waals surface area contributed by atoms with E-state index in [1.807, 2.05) is 44.3 Å². The number of nitrogens with zero attached hydrogens (tertiary/aromatic N) is 3. The Balaban J connectivity index is 2.15. The Labute approximate surface area is 147 Å². The molecule has 0 fully saturated rings. The molecule has 0 atom stereocenters. The zero-order valence-electron chi connectivity index (χ0n) is 14.9. The van der Waals surface area contributed by atoms with Crippen molar-refractivity contribution < 1.29 is 0 Å². The van der Waals surface area contributed by atoms with Gasteiger partial charge in [0.05, 0.1) is 17.3 Å². The summed E-state index contributed by atoms with van der Waals surface area (Å²) in [6.45, 7) is 8.29. The van der Waals surface area contributed by atoms with Crippen LogP contribution in [0.15, 0.2) is 47.5 Å². The number of benzene rings is 2. The lowest BCUT2D eigenvalue weighted by atomic mass is 10.1. The highest BCUT2D eigenvalue weighted by Crippen LogP contribution is 2.21. The first kappa shape index (κ1) is 16.7. The zero-order chi connectivity index (χ0) is 18.0. The van der Waals surface area contributed by atoms with Gasteiger partial charge in [-0.25, -0.2) is 0 Å². The van der Waals surface area contributed by atoms with E-state index < -0.39 is 0 Å². The number of aromatic nitrogens is 1. The molecule has 3 rings (SSSR count). The Kier molecular flexibility index (Phi) is 4.54. The van der Waals surface area contributed by atoms with E-state index in [0.717, 1.165) is 34.0 Å². The van der Waals surface area contributed by atoms with E-state index in [4.69, 9.17) is 10.3 Å². The molecule has 3 heteroatoms. The van der Waals surface area contributed by atoms with Crippen molar-refractivity contribution in [3.63, 3.8) is 0 Å². The van der Waals surface area contributed by atoms with Gasteiger partial charge in [-0.3, -0.25) is 4.99 Å². The Morgan fingerprint density at radius 1 is 1.28 bits per heavy atom. The number of fused-ring (bicyclic) bond motifs is 1. The molecule has 0 bridgehead atoms. The van der Waals surface area contributed by atoms with Crippen molar-refractivity contribution in [3.05, 3.63) is 64.2 Å². The summed E-state index contributed by atoms with van der Waals surface area (Å²) in [4.78, 5) is 4.77. The number of aliphatic imine (C=N–C) groups is 1. The minimum Gasteiger partial charge on any atom is -0.344 e. The normalized spacial score (nSPS) is 12.6. The molecule has 0 aliphatic rings. The van der Waals surface area contributed by atoms with Gasteiger partial charge < -0.3 is 4.57 Å². The van der Waals surface area contributed by atoms with Crippen LogP contribution in [0.3, 0.4) is 0 Å². The molecule has 0 aliphatic carbocycles. The Morgan fingerprint density at radius 3 is 2.76 bits per heavy atom. The van der Waals surface area contributed by atoms with E-state index in [1.54, 1.807) is 0 Å². The monoisotopic (exact) mass is 327 g/mol. The fourth-order valence-corrected chi connectivity index (χ4v) is 3.11. The highest BCUT2D eigenvalue weighted by molar-refractivity contribution is 6.11. The van der Waals surface area contributed by atoms with Crippen molar-refractivity contribution in [3.8, 4) is 6.07 Å². The third-order valence-corrected chi connectivity index (χ3v) is 4.51. The highest BCUT2D eigenvalue weighted by Gasteiger charge is 2.04. The highest BCUT2D eigenvalue weighted by atomic mass is 14.9. The lowest BCUT2D eigenvalue weighted by Gasteiger charge is -2.04. The fraction of sp³-hybridized carbons (Fsp3) is 0.182. The van der Waals surface area contributed by atoms with Crippen molar-refractivity contribution in [2.45, 2.75) is 20.3 Å². The molecule has 0 saturated heterocycles. The summed E-state index contributed by atoms with van der Waals surface area (Å²) in [5.41, 5.74) is 4.76. The van der Waals surface area contributed by atoms with E-state index in [1.165, 1.54) is 10.9 Å². The Bertz CT molecular complexity index is 1120. The summed E-state index contributed by atoms with van der Waals surface area (Å²) in [5.74, 6) is 0. The first-order valence-corrected chi connectivity index (χ1v) is 8.37. The van der Waals surface area contributed by atoms with Gasteiger partial charge in [0, 0.05) is 34.2 Å². The topological polar surface area (TPSA) is 41.1 Å². The number of aryl methyl sites for hydroxylation is 2. The molecular formula is C22H21N3. The number of rotatable bonds is 3. The third kappa shape index (κ3) is 3.12. The van der Waals surface area contributed by atoms with Gasteiger partial charge >= 0.3 is 0 Å². The molecule has 1 heterocycles. The van der Waals surface area contributed by atoms with Crippen molar-refractivity contribution in [2.75, 3.05) is 0 Å². The first-order valence-electron chi connectivity index (χ1n) is 8.37.